The molecule has 0 amide bonds. The van der Waals surface area contributed by atoms with Gasteiger partial charge in [-0.15, -0.1) is 0 Å². The topological polar surface area (TPSA) is 35.8 Å². The molecular formula is C14H10Br2N2. The number of anilines is 2. The van der Waals surface area contributed by atoms with Gasteiger partial charge in [-0.2, -0.15) is 5.26 Å². The normalized spacial score (nSPS) is 9.89. The molecule has 0 aliphatic rings. The van der Waals surface area contributed by atoms with Gasteiger partial charge in [-0.1, -0.05) is 28.1 Å². The fourth-order valence-corrected chi connectivity index (χ4v) is 2.33. The quantitative estimate of drug-likeness (QED) is 0.800. The van der Waals surface area contributed by atoms with E-state index < -0.39 is 0 Å². The molecule has 0 radical (unpaired) electrons. The minimum Gasteiger partial charge on any atom is -0.354 e. The van der Waals surface area contributed by atoms with E-state index in [1.807, 2.05) is 37.3 Å². The standard InChI is InChI=1S/C14H10Br2N2/c1-9-3-2-4-13(14(9)16)18-12-6-5-11(15)7-10(12)8-17/h2-7,18H,1H3. The molecule has 18 heavy (non-hydrogen) atoms. The van der Waals surface area contributed by atoms with E-state index in [9.17, 15) is 0 Å². The average molecular weight is 366 g/mol. The van der Waals surface area contributed by atoms with Crippen LogP contribution in [0.1, 0.15) is 11.1 Å². The zero-order valence-corrected chi connectivity index (χ0v) is 12.8. The summed E-state index contributed by atoms with van der Waals surface area (Å²) in [4.78, 5) is 0. The van der Waals surface area contributed by atoms with Gasteiger partial charge in [0.1, 0.15) is 6.07 Å². The summed E-state index contributed by atoms with van der Waals surface area (Å²) in [6, 6.07) is 13.8. The van der Waals surface area contributed by atoms with Gasteiger partial charge >= 0.3 is 0 Å². The molecule has 2 aromatic rings. The van der Waals surface area contributed by atoms with Crippen LogP contribution in [0.3, 0.4) is 0 Å². The van der Waals surface area contributed by atoms with Crippen LogP contribution in [-0.2, 0) is 0 Å². The summed E-state index contributed by atoms with van der Waals surface area (Å²) in [6.07, 6.45) is 0. The van der Waals surface area contributed by atoms with Gasteiger partial charge in [0.25, 0.3) is 0 Å². The molecule has 0 saturated carbocycles. The van der Waals surface area contributed by atoms with Gasteiger partial charge in [0.15, 0.2) is 0 Å². The first kappa shape index (κ1) is 13.1. The molecule has 0 aliphatic heterocycles. The Morgan fingerprint density at radius 3 is 2.61 bits per heavy atom. The Hall–Kier alpha value is -1.31. The van der Waals surface area contributed by atoms with Gasteiger partial charge in [-0.25, -0.2) is 0 Å². The molecule has 2 rings (SSSR count). The summed E-state index contributed by atoms with van der Waals surface area (Å²) in [5.74, 6) is 0. The number of aryl methyl sites for hydroxylation is 1. The Balaban J connectivity index is 2.41. The fraction of sp³-hybridized carbons (Fsp3) is 0.0714. The van der Waals surface area contributed by atoms with Crippen LogP contribution >= 0.6 is 31.9 Å². The number of benzene rings is 2. The van der Waals surface area contributed by atoms with Gasteiger partial charge < -0.3 is 5.32 Å². The van der Waals surface area contributed by atoms with Gasteiger partial charge in [0, 0.05) is 8.95 Å². The second-order valence-electron chi connectivity index (χ2n) is 3.86. The smallest absolute Gasteiger partial charge is 0.101 e. The number of halogens is 2. The van der Waals surface area contributed by atoms with Gasteiger partial charge in [0.05, 0.1) is 16.9 Å². The molecule has 0 saturated heterocycles. The van der Waals surface area contributed by atoms with E-state index in [4.69, 9.17) is 5.26 Å². The summed E-state index contributed by atoms with van der Waals surface area (Å²) in [5.41, 5.74) is 3.51. The second kappa shape index (κ2) is 5.55. The summed E-state index contributed by atoms with van der Waals surface area (Å²) in [5, 5.41) is 12.4. The van der Waals surface area contributed by atoms with E-state index in [1.54, 1.807) is 6.07 Å². The summed E-state index contributed by atoms with van der Waals surface area (Å²) >= 11 is 6.90. The van der Waals surface area contributed by atoms with E-state index >= 15 is 0 Å². The summed E-state index contributed by atoms with van der Waals surface area (Å²) < 4.78 is 1.91. The van der Waals surface area contributed by atoms with Gasteiger partial charge in [0.2, 0.25) is 0 Å². The number of hydrogen-bond donors (Lipinski definition) is 1. The van der Waals surface area contributed by atoms with E-state index in [1.165, 1.54) is 0 Å². The molecule has 0 spiro atoms. The lowest BCUT2D eigenvalue weighted by Crippen LogP contribution is -1.95. The maximum absolute atomic E-state index is 9.12. The maximum atomic E-state index is 9.12. The molecule has 0 aliphatic carbocycles. The largest absolute Gasteiger partial charge is 0.354 e. The lowest BCUT2D eigenvalue weighted by atomic mass is 10.1. The number of nitriles is 1. The highest BCUT2D eigenvalue weighted by Crippen LogP contribution is 2.30. The zero-order chi connectivity index (χ0) is 13.1. The summed E-state index contributed by atoms with van der Waals surface area (Å²) in [6.45, 7) is 2.03. The number of nitrogens with one attached hydrogen (secondary N) is 1. The highest BCUT2D eigenvalue weighted by Gasteiger charge is 2.06. The molecule has 0 heterocycles. The Bertz CT molecular complexity index is 630. The Morgan fingerprint density at radius 2 is 1.89 bits per heavy atom. The third-order valence-electron chi connectivity index (χ3n) is 2.56. The van der Waals surface area contributed by atoms with Crippen LogP contribution in [0.2, 0.25) is 0 Å². The fourth-order valence-electron chi connectivity index (χ4n) is 1.61. The first-order valence-electron chi connectivity index (χ1n) is 5.33. The monoisotopic (exact) mass is 364 g/mol. The van der Waals surface area contributed by atoms with E-state index in [0.29, 0.717) is 5.56 Å². The van der Waals surface area contributed by atoms with Crippen molar-refractivity contribution in [3.05, 3.63) is 56.5 Å². The number of hydrogen-bond acceptors (Lipinski definition) is 2. The van der Waals surface area contributed by atoms with Crippen molar-refractivity contribution < 1.29 is 0 Å². The average Bonchev–Trinajstić information content (AvgIpc) is 2.37. The highest BCUT2D eigenvalue weighted by molar-refractivity contribution is 9.11. The van der Waals surface area contributed by atoms with Crippen LogP contribution in [-0.4, -0.2) is 0 Å². The second-order valence-corrected chi connectivity index (χ2v) is 5.57. The molecule has 0 aromatic heterocycles. The third kappa shape index (κ3) is 2.74. The molecule has 90 valence electrons. The van der Waals surface area contributed by atoms with Crippen LogP contribution in [0.5, 0.6) is 0 Å². The van der Waals surface area contributed by atoms with Gasteiger partial charge in [-0.3, -0.25) is 0 Å². The highest BCUT2D eigenvalue weighted by atomic mass is 79.9. The molecule has 1 N–H and O–H groups in total. The van der Waals surface area contributed by atoms with E-state index in [-0.39, 0.29) is 0 Å². The minimum atomic E-state index is 0.609. The predicted molar refractivity (Wildman–Crippen MR) is 81.0 cm³/mol. The van der Waals surface area contributed by atoms with Crippen molar-refractivity contribution in [2.75, 3.05) is 5.32 Å². The molecule has 0 bridgehead atoms. The van der Waals surface area contributed by atoms with Crippen LogP contribution in [0.15, 0.2) is 45.3 Å². The molecule has 0 unspecified atom stereocenters. The van der Waals surface area contributed by atoms with Crippen molar-refractivity contribution in [3.8, 4) is 6.07 Å². The molecular weight excluding hydrogens is 356 g/mol. The van der Waals surface area contributed by atoms with Crippen molar-refractivity contribution in [1.82, 2.24) is 0 Å². The van der Waals surface area contributed by atoms with Crippen molar-refractivity contribution >= 4 is 43.2 Å². The first-order valence-corrected chi connectivity index (χ1v) is 6.92. The lowest BCUT2D eigenvalue weighted by molar-refractivity contribution is 1.40. The zero-order valence-electron chi connectivity index (χ0n) is 9.67. The minimum absolute atomic E-state index is 0.609. The lowest BCUT2D eigenvalue weighted by Gasteiger charge is -2.11. The van der Waals surface area contributed by atoms with Gasteiger partial charge in [-0.05, 0) is 52.7 Å². The van der Waals surface area contributed by atoms with Crippen molar-refractivity contribution in [1.29, 1.82) is 5.26 Å². The van der Waals surface area contributed by atoms with Crippen LogP contribution in [0.25, 0.3) is 0 Å². The molecule has 0 fully saturated rings. The van der Waals surface area contributed by atoms with Crippen molar-refractivity contribution in [3.63, 3.8) is 0 Å². The van der Waals surface area contributed by atoms with E-state index in [2.05, 4.69) is 43.2 Å². The predicted octanol–water partition coefficient (Wildman–Crippen LogP) is 5.14. The van der Waals surface area contributed by atoms with Crippen molar-refractivity contribution in [2.45, 2.75) is 6.92 Å². The SMILES string of the molecule is Cc1cccc(Nc2ccc(Br)cc2C#N)c1Br. The third-order valence-corrected chi connectivity index (χ3v) is 4.11. The Kier molecular flexibility index (Phi) is 4.05. The Labute approximate surface area is 123 Å². The molecule has 2 nitrogen and oxygen atoms in total. The van der Waals surface area contributed by atoms with Crippen molar-refractivity contribution in [2.24, 2.45) is 0 Å². The molecule has 0 atom stereocenters. The van der Waals surface area contributed by atoms with Crippen LogP contribution in [0.4, 0.5) is 11.4 Å². The molecule has 2 aromatic carbocycles. The Morgan fingerprint density at radius 1 is 1.11 bits per heavy atom. The number of rotatable bonds is 2. The summed E-state index contributed by atoms with van der Waals surface area (Å²) in [7, 11) is 0. The number of nitrogens with zero attached hydrogens (tertiary/aromatic N) is 1. The van der Waals surface area contributed by atoms with E-state index in [0.717, 1.165) is 25.9 Å². The first-order chi connectivity index (χ1) is 8.61. The van der Waals surface area contributed by atoms with Crippen LogP contribution < -0.4 is 5.32 Å². The molecule has 4 heteroatoms. The maximum Gasteiger partial charge on any atom is 0.101 e. The van der Waals surface area contributed by atoms with Crippen LogP contribution in [0, 0.1) is 18.3 Å².